The number of amides is 1. The molecule has 2 aliphatic rings. The van der Waals surface area contributed by atoms with Gasteiger partial charge in [-0.05, 0) is 31.0 Å². The molecule has 7 heteroatoms. The van der Waals surface area contributed by atoms with E-state index in [0.29, 0.717) is 19.1 Å². The monoisotopic (exact) mass is 341 g/mol. The van der Waals surface area contributed by atoms with Crippen LogP contribution >= 0.6 is 0 Å². The van der Waals surface area contributed by atoms with Crippen LogP contribution in [-0.4, -0.2) is 56.7 Å². The first kappa shape index (κ1) is 16.1. The molecule has 7 nitrogen and oxygen atoms in total. The number of aromatic nitrogens is 3. The number of carbonyl (C=O) groups excluding carboxylic acids is 1. The van der Waals surface area contributed by atoms with Gasteiger partial charge in [0.2, 0.25) is 5.95 Å². The van der Waals surface area contributed by atoms with Gasteiger partial charge in [-0.1, -0.05) is 0 Å². The third-order valence-corrected chi connectivity index (χ3v) is 5.10. The Bertz CT molecular complexity index is 747. The smallest absolute Gasteiger partial charge is 0.270 e. The molecule has 0 aromatic carbocycles. The first-order chi connectivity index (χ1) is 12.2. The second kappa shape index (κ2) is 6.48. The maximum absolute atomic E-state index is 12.8. The van der Waals surface area contributed by atoms with Crippen LogP contribution in [0.3, 0.4) is 0 Å². The molecule has 2 aromatic heterocycles. The molecule has 0 bridgehead atoms. The van der Waals surface area contributed by atoms with Crippen LogP contribution in [0.5, 0.6) is 0 Å². The highest BCUT2D eigenvalue weighted by molar-refractivity contribution is 5.92. The summed E-state index contributed by atoms with van der Waals surface area (Å²) in [5, 5.41) is 3.34. The molecule has 2 atom stereocenters. The number of aryl methyl sites for hydroxylation is 1. The van der Waals surface area contributed by atoms with E-state index in [9.17, 15) is 4.79 Å². The molecule has 0 saturated carbocycles. The van der Waals surface area contributed by atoms with Gasteiger partial charge in [0, 0.05) is 38.6 Å². The minimum atomic E-state index is -0.258. The van der Waals surface area contributed by atoms with Gasteiger partial charge in [0.25, 0.3) is 5.91 Å². The average Bonchev–Trinajstić information content (AvgIpc) is 3.22. The molecule has 1 amide bonds. The van der Waals surface area contributed by atoms with E-state index in [1.807, 2.05) is 34.8 Å². The number of carbonyl (C=O) groups is 1. The molecule has 0 unspecified atom stereocenters. The zero-order valence-corrected chi connectivity index (χ0v) is 14.4. The summed E-state index contributed by atoms with van der Waals surface area (Å²) in [7, 11) is 1.90. The minimum Gasteiger partial charge on any atom is -0.371 e. The molecule has 1 N–H and O–H groups in total. The number of likely N-dealkylation sites (tertiary alicyclic amines) is 1. The van der Waals surface area contributed by atoms with Gasteiger partial charge in [-0.25, -0.2) is 9.97 Å². The third-order valence-electron chi connectivity index (χ3n) is 5.10. The van der Waals surface area contributed by atoms with E-state index in [4.69, 9.17) is 4.74 Å². The zero-order valence-electron chi connectivity index (χ0n) is 14.4. The Kier molecular flexibility index (Phi) is 4.17. The van der Waals surface area contributed by atoms with Crippen molar-refractivity contribution in [1.29, 1.82) is 0 Å². The molecule has 0 aliphatic carbocycles. The lowest BCUT2D eigenvalue weighted by Gasteiger charge is -2.39. The molecule has 2 saturated heterocycles. The maximum atomic E-state index is 12.8. The fourth-order valence-electron chi connectivity index (χ4n) is 3.89. The summed E-state index contributed by atoms with van der Waals surface area (Å²) < 4.78 is 8.05. The summed E-state index contributed by atoms with van der Waals surface area (Å²) in [6.07, 6.45) is 8.16. The highest BCUT2D eigenvalue weighted by Crippen LogP contribution is 2.36. The van der Waals surface area contributed by atoms with Gasteiger partial charge in [0.05, 0.1) is 24.8 Å². The van der Waals surface area contributed by atoms with E-state index < -0.39 is 0 Å². The molecule has 132 valence electrons. The van der Waals surface area contributed by atoms with E-state index in [2.05, 4.69) is 15.3 Å². The number of nitrogens with one attached hydrogen (secondary N) is 1. The van der Waals surface area contributed by atoms with Crippen molar-refractivity contribution < 1.29 is 9.53 Å². The summed E-state index contributed by atoms with van der Waals surface area (Å²) in [5.74, 6) is 0.707. The van der Waals surface area contributed by atoms with Crippen molar-refractivity contribution in [2.24, 2.45) is 7.05 Å². The van der Waals surface area contributed by atoms with Gasteiger partial charge in [0.1, 0.15) is 5.69 Å². The summed E-state index contributed by atoms with van der Waals surface area (Å²) in [6.45, 7) is 2.05. The predicted octanol–water partition coefficient (Wildman–Crippen LogP) is 1.69. The third kappa shape index (κ3) is 3.24. The fourth-order valence-corrected chi connectivity index (χ4v) is 3.89. The number of ether oxygens (including phenoxy) is 1. The molecule has 4 heterocycles. The van der Waals surface area contributed by atoms with Crippen LogP contribution in [-0.2, 0) is 11.8 Å². The largest absolute Gasteiger partial charge is 0.371 e. The first-order valence-electron chi connectivity index (χ1n) is 8.73. The summed E-state index contributed by atoms with van der Waals surface area (Å²) in [6, 6.07) is 5.74. The molecular formula is C18H23N5O2. The summed E-state index contributed by atoms with van der Waals surface area (Å²) in [5.41, 5.74) is 0.466. The second-order valence-electron chi connectivity index (χ2n) is 6.95. The van der Waals surface area contributed by atoms with E-state index in [1.54, 1.807) is 18.5 Å². The van der Waals surface area contributed by atoms with Gasteiger partial charge < -0.3 is 19.5 Å². The molecule has 0 radical (unpaired) electrons. The Balaban J connectivity index is 1.42. The molecular weight excluding hydrogens is 318 g/mol. The maximum Gasteiger partial charge on any atom is 0.270 e. The lowest BCUT2D eigenvalue weighted by atomic mass is 9.88. The van der Waals surface area contributed by atoms with Gasteiger partial charge in [-0.2, -0.15) is 0 Å². The van der Waals surface area contributed by atoms with Crippen molar-refractivity contribution in [3.05, 3.63) is 42.5 Å². The number of anilines is 1. The average molecular weight is 341 g/mol. The highest BCUT2D eigenvalue weighted by atomic mass is 16.5. The molecule has 2 aliphatic heterocycles. The van der Waals surface area contributed by atoms with E-state index in [0.717, 1.165) is 31.5 Å². The predicted molar refractivity (Wildman–Crippen MR) is 93.3 cm³/mol. The van der Waals surface area contributed by atoms with Crippen molar-refractivity contribution in [2.45, 2.75) is 30.9 Å². The molecule has 2 aromatic rings. The van der Waals surface area contributed by atoms with Gasteiger partial charge in [-0.15, -0.1) is 0 Å². The number of rotatable bonds is 3. The van der Waals surface area contributed by atoms with E-state index in [-0.39, 0.29) is 17.6 Å². The quantitative estimate of drug-likeness (QED) is 0.920. The van der Waals surface area contributed by atoms with E-state index >= 15 is 0 Å². The van der Waals surface area contributed by atoms with E-state index in [1.165, 1.54) is 0 Å². The highest BCUT2D eigenvalue weighted by Gasteiger charge is 2.45. The van der Waals surface area contributed by atoms with Gasteiger partial charge >= 0.3 is 0 Å². The lowest BCUT2D eigenvalue weighted by molar-refractivity contribution is -0.0449. The zero-order chi connectivity index (χ0) is 17.3. The van der Waals surface area contributed by atoms with Crippen LogP contribution in [0.2, 0.25) is 0 Å². The van der Waals surface area contributed by atoms with Crippen LogP contribution in [0.15, 0.2) is 36.8 Å². The van der Waals surface area contributed by atoms with Crippen LogP contribution in [0.4, 0.5) is 5.95 Å². The normalized spacial score (nSPS) is 26.1. The Labute approximate surface area is 147 Å². The number of hydrogen-bond donors (Lipinski definition) is 1. The fraction of sp³-hybridized carbons (Fsp3) is 0.500. The lowest BCUT2D eigenvalue weighted by Crippen LogP contribution is -2.50. The van der Waals surface area contributed by atoms with Crippen molar-refractivity contribution in [2.75, 3.05) is 25.0 Å². The van der Waals surface area contributed by atoms with Crippen molar-refractivity contribution >= 4 is 11.9 Å². The molecule has 4 rings (SSSR count). The molecule has 1 spiro atoms. The van der Waals surface area contributed by atoms with Crippen LogP contribution in [0, 0.1) is 0 Å². The standard InChI is InChI=1S/C18H23N5O2/c1-22-9-2-5-15(22)16(24)23-10-3-6-18(13-23)11-14(12-25-18)21-17-19-7-4-8-20-17/h2,4-5,7-9,14H,3,6,10-13H2,1H3,(H,19,20,21)/t14-,18-/m1/s1. The van der Waals surface area contributed by atoms with Crippen LogP contribution in [0.1, 0.15) is 29.8 Å². The Morgan fingerprint density at radius 3 is 2.96 bits per heavy atom. The van der Waals surface area contributed by atoms with Crippen molar-refractivity contribution in [3.63, 3.8) is 0 Å². The minimum absolute atomic E-state index is 0.0815. The van der Waals surface area contributed by atoms with Crippen LogP contribution in [0.25, 0.3) is 0 Å². The van der Waals surface area contributed by atoms with Gasteiger partial charge in [0.15, 0.2) is 0 Å². The topological polar surface area (TPSA) is 72.3 Å². The number of nitrogens with zero attached hydrogens (tertiary/aromatic N) is 4. The number of piperidine rings is 1. The number of hydrogen-bond acceptors (Lipinski definition) is 5. The molecule has 2 fully saturated rings. The molecule has 25 heavy (non-hydrogen) atoms. The summed E-state index contributed by atoms with van der Waals surface area (Å²) in [4.78, 5) is 23.2. The van der Waals surface area contributed by atoms with Crippen LogP contribution < -0.4 is 5.32 Å². The Morgan fingerprint density at radius 1 is 1.36 bits per heavy atom. The van der Waals surface area contributed by atoms with Crippen molar-refractivity contribution in [3.8, 4) is 0 Å². The van der Waals surface area contributed by atoms with Crippen molar-refractivity contribution in [1.82, 2.24) is 19.4 Å². The first-order valence-corrected chi connectivity index (χ1v) is 8.73. The SMILES string of the molecule is Cn1cccc1C(=O)N1CCC[C@@]2(C[C@@H](Nc3ncccn3)CO2)C1. The Hall–Kier alpha value is -2.41. The second-order valence-corrected chi connectivity index (χ2v) is 6.95. The summed E-state index contributed by atoms with van der Waals surface area (Å²) >= 11 is 0. The van der Waals surface area contributed by atoms with Gasteiger partial charge in [-0.3, -0.25) is 4.79 Å². The Morgan fingerprint density at radius 2 is 2.20 bits per heavy atom.